The van der Waals surface area contributed by atoms with Gasteiger partial charge in [0.1, 0.15) is 6.07 Å². The number of nitriles is 1. The molecule has 0 saturated carbocycles. The Bertz CT molecular complexity index is 441. The maximum atomic E-state index is 9.34. The number of rotatable bonds is 4. The second kappa shape index (κ2) is 6.15. The van der Waals surface area contributed by atoms with Crippen molar-refractivity contribution in [2.75, 3.05) is 11.1 Å². The first-order valence-electron chi connectivity index (χ1n) is 6.32. The van der Waals surface area contributed by atoms with Gasteiger partial charge in [-0.15, -0.1) is 11.8 Å². The highest BCUT2D eigenvalue weighted by molar-refractivity contribution is 7.99. The van der Waals surface area contributed by atoms with Gasteiger partial charge in [-0.2, -0.15) is 5.26 Å². The summed E-state index contributed by atoms with van der Waals surface area (Å²) in [5.74, 6) is 0.979. The van der Waals surface area contributed by atoms with E-state index in [0.29, 0.717) is 6.04 Å². The van der Waals surface area contributed by atoms with Crippen molar-refractivity contribution in [3.05, 3.63) is 23.8 Å². The molecule has 0 aromatic heterocycles. The topological polar surface area (TPSA) is 35.8 Å². The largest absolute Gasteiger partial charge is 0.381 e. The molecule has 1 unspecified atom stereocenters. The van der Waals surface area contributed by atoms with E-state index in [0.717, 1.165) is 21.9 Å². The van der Waals surface area contributed by atoms with E-state index in [4.69, 9.17) is 0 Å². The summed E-state index contributed by atoms with van der Waals surface area (Å²) >= 11 is 1.71. The zero-order valence-electron chi connectivity index (χ0n) is 11.9. The molecule has 0 fully saturated rings. The highest BCUT2D eigenvalue weighted by Gasteiger charge is 2.21. The van der Waals surface area contributed by atoms with Crippen LogP contribution in [0.2, 0.25) is 0 Å². The molecule has 1 N–H and O–H groups in total. The van der Waals surface area contributed by atoms with Crippen LogP contribution in [0.1, 0.15) is 40.2 Å². The third kappa shape index (κ3) is 3.68. The maximum absolute atomic E-state index is 9.34. The van der Waals surface area contributed by atoms with Gasteiger partial charge in [0.15, 0.2) is 0 Å². The van der Waals surface area contributed by atoms with E-state index in [1.165, 1.54) is 0 Å². The van der Waals surface area contributed by atoms with E-state index in [1.807, 2.05) is 18.2 Å². The molecule has 0 spiro atoms. The molecule has 98 valence electrons. The molecule has 0 aliphatic carbocycles. The van der Waals surface area contributed by atoms with Crippen LogP contribution in [-0.2, 0) is 0 Å². The lowest BCUT2D eigenvalue weighted by molar-refractivity contribution is 0.359. The minimum Gasteiger partial charge on any atom is -0.381 e. The van der Waals surface area contributed by atoms with Gasteiger partial charge in [-0.1, -0.05) is 33.8 Å². The molecule has 0 heterocycles. The number of hydrogen-bond acceptors (Lipinski definition) is 3. The van der Waals surface area contributed by atoms with Gasteiger partial charge in [-0.3, -0.25) is 0 Å². The fraction of sp³-hybridized carbons (Fsp3) is 0.533. The molecule has 0 amide bonds. The molecule has 0 saturated heterocycles. The molecule has 2 nitrogen and oxygen atoms in total. The van der Waals surface area contributed by atoms with E-state index in [2.05, 4.69) is 46.0 Å². The number of nitrogens with zero attached hydrogens (tertiary/aromatic N) is 1. The van der Waals surface area contributed by atoms with Gasteiger partial charge in [0, 0.05) is 10.9 Å². The first-order valence-corrected chi connectivity index (χ1v) is 7.31. The van der Waals surface area contributed by atoms with Gasteiger partial charge in [0.05, 0.1) is 11.3 Å². The van der Waals surface area contributed by atoms with E-state index in [1.54, 1.807) is 11.8 Å². The number of anilines is 1. The predicted octanol–water partition coefficient (Wildman–Crippen LogP) is 4.52. The molecular formula is C15H22N2S. The van der Waals surface area contributed by atoms with Gasteiger partial charge in [-0.25, -0.2) is 0 Å². The van der Waals surface area contributed by atoms with Gasteiger partial charge < -0.3 is 5.32 Å². The molecule has 1 aromatic carbocycles. The minimum absolute atomic E-state index is 0.167. The highest BCUT2D eigenvalue weighted by atomic mass is 32.2. The summed E-state index contributed by atoms with van der Waals surface area (Å²) in [6.45, 7) is 10.8. The van der Waals surface area contributed by atoms with Crippen LogP contribution < -0.4 is 5.32 Å². The Morgan fingerprint density at radius 1 is 1.39 bits per heavy atom. The SMILES string of the molecule is CCSc1cccc(NC(C)C(C)(C)C)c1C#N. The number of hydrogen-bond donors (Lipinski definition) is 1. The van der Waals surface area contributed by atoms with Crippen LogP contribution >= 0.6 is 11.8 Å². The van der Waals surface area contributed by atoms with E-state index < -0.39 is 0 Å². The van der Waals surface area contributed by atoms with Crippen LogP contribution in [0.15, 0.2) is 23.1 Å². The van der Waals surface area contributed by atoms with Crippen LogP contribution in [-0.4, -0.2) is 11.8 Å². The Labute approximate surface area is 115 Å². The smallest absolute Gasteiger partial charge is 0.102 e. The minimum atomic E-state index is 0.167. The summed E-state index contributed by atoms with van der Waals surface area (Å²) in [5.41, 5.74) is 1.87. The molecule has 18 heavy (non-hydrogen) atoms. The Kier molecular flexibility index (Phi) is 5.10. The van der Waals surface area contributed by atoms with Crippen molar-refractivity contribution >= 4 is 17.4 Å². The number of nitrogens with one attached hydrogen (secondary N) is 1. The van der Waals surface area contributed by atoms with Crippen LogP contribution in [0.4, 0.5) is 5.69 Å². The Morgan fingerprint density at radius 2 is 2.06 bits per heavy atom. The monoisotopic (exact) mass is 262 g/mol. The van der Waals surface area contributed by atoms with E-state index in [9.17, 15) is 5.26 Å². The Hall–Kier alpha value is -1.14. The van der Waals surface area contributed by atoms with E-state index >= 15 is 0 Å². The van der Waals surface area contributed by atoms with Crippen LogP contribution in [0.5, 0.6) is 0 Å². The average molecular weight is 262 g/mol. The highest BCUT2D eigenvalue weighted by Crippen LogP contribution is 2.30. The standard InChI is InChI=1S/C15H22N2S/c1-6-18-14-9-7-8-13(12(14)10-16)17-11(2)15(3,4)5/h7-9,11,17H,6H2,1-5H3. The van der Waals surface area contributed by atoms with E-state index in [-0.39, 0.29) is 5.41 Å². The van der Waals surface area contributed by atoms with Crippen LogP contribution in [0.3, 0.4) is 0 Å². The van der Waals surface area contributed by atoms with Crippen molar-refractivity contribution in [1.82, 2.24) is 0 Å². The lowest BCUT2D eigenvalue weighted by Gasteiger charge is -2.29. The molecule has 1 rings (SSSR count). The fourth-order valence-electron chi connectivity index (χ4n) is 1.49. The van der Waals surface area contributed by atoms with Crippen molar-refractivity contribution < 1.29 is 0 Å². The van der Waals surface area contributed by atoms with Crippen molar-refractivity contribution in [3.8, 4) is 6.07 Å². The van der Waals surface area contributed by atoms with Crippen molar-refractivity contribution in [3.63, 3.8) is 0 Å². The molecule has 0 bridgehead atoms. The average Bonchev–Trinajstić information content (AvgIpc) is 2.28. The Balaban J connectivity index is 3.03. The lowest BCUT2D eigenvalue weighted by Crippen LogP contribution is -2.31. The summed E-state index contributed by atoms with van der Waals surface area (Å²) in [7, 11) is 0. The predicted molar refractivity (Wildman–Crippen MR) is 80.1 cm³/mol. The van der Waals surface area contributed by atoms with Crippen LogP contribution in [0.25, 0.3) is 0 Å². The molecule has 0 aliphatic heterocycles. The zero-order valence-corrected chi connectivity index (χ0v) is 12.7. The second-order valence-electron chi connectivity index (χ2n) is 5.46. The summed E-state index contributed by atoms with van der Waals surface area (Å²) in [6.07, 6.45) is 0. The molecule has 1 atom stereocenters. The van der Waals surface area contributed by atoms with Crippen molar-refractivity contribution in [2.24, 2.45) is 5.41 Å². The first kappa shape index (κ1) is 14.9. The molecule has 0 radical (unpaired) electrons. The van der Waals surface area contributed by atoms with Crippen LogP contribution in [0, 0.1) is 16.7 Å². The van der Waals surface area contributed by atoms with Gasteiger partial charge >= 0.3 is 0 Å². The number of benzene rings is 1. The zero-order chi connectivity index (χ0) is 13.8. The second-order valence-corrected chi connectivity index (χ2v) is 6.76. The third-order valence-corrected chi connectivity index (χ3v) is 4.05. The summed E-state index contributed by atoms with van der Waals surface area (Å²) in [6, 6.07) is 8.64. The van der Waals surface area contributed by atoms with Crippen molar-refractivity contribution in [1.29, 1.82) is 5.26 Å². The Morgan fingerprint density at radius 3 is 2.56 bits per heavy atom. The first-order chi connectivity index (χ1) is 8.40. The fourth-order valence-corrected chi connectivity index (χ4v) is 2.28. The molecular weight excluding hydrogens is 240 g/mol. The van der Waals surface area contributed by atoms with Gasteiger partial charge in [0.25, 0.3) is 0 Å². The molecule has 1 aromatic rings. The van der Waals surface area contributed by atoms with Crippen molar-refractivity contribution in [2.45, 2.75) is 45.6 Å². The normalized spacial score (nSPS) is 12.9. The molecule has 0 aliphatic rings. The summed E-state index contributed by atoms with van der Waals surface area (Å²) in [5, 5.41) is 12.8. The van der Waals surface area contributed by atoms with Gasteiger partial charge in [-0.05, 0) is 30.2 Å². The third-order valence-electron chi connectivity index (χ3n) is 3.11. The molecule has 3 heteroatoms. The maximum Gasteiger partial charge on any atom is 0.102 e. The lowest BCUT2D eigenvalue weighted by atomic mass is 9.88. The summed E-state index contributed by atoms with van der Waals surface area (Å²) < 4.78 is 0. The quantitative estimate of drug-likeness (QED) is 0.811. The van der Waals surface area contributed by atoms with Gasteiger partial charge in [0.2, 0.25) is 0 Å². The summed E-state index contributed by atoms with van der Waals surface area (Å²) in [4.78, 5) is 1.06. The number of thioether (sulfide) groups is 1.